The van der Waals surface area contributed by atoms with E-state index >= 15 is 0 Å². The van der Waals surface area contributed by atoms with Gasteiger partial charge >= 0.3 is 0 Å². The highest BCUT2D eigenvalue weighted by atomic mass is 16.2. The van der Waals surface area contributed by atoms with Crippen molar-refractivity contribution in [2.45, 2.75) is 52.5 Å². The number of nitrogens with one attached hydrogen (secondary N) is 2. The summed E-state index contributed by atoms with van der Waals surface area (Å²) in [5.74, 6) is 0.896. The largest absolute Gasteiger partial charge is 0.355 e. The van der Waals surface area contributed by atoms with Crippen LogP contribution < -0.4 is 10.2 Å². The van der Waals surface area contributed by atoms with Gasteiger partial charge in [0.2, 0.25) is 0 Å². The van der Waals surface area contributed by atoms with Crippen LogP contribution in [0.1, 0.15) is 65.2 Å². The second-order valence-corrected chi connectivity index (χ2v) is 8.74. The van der Waals surface area contributed by atoms with Crippen molar-refractivity contribution in [3.05, 3.63) is 40.8 Å². The zero-order chi connectivity index (χ0) is 19.9. The number of fused-ring (bicyclic) bond motifs is 1. The molecular weight excluding hydrogens is 354 g/mol. The lowest BCUT2D eigenvalue weighted by Gasteiger charge is -2.32. The number of amides is 1. The number of aromatic nitrogens is 3. The first-order valence-corrected chi connectivity index (χ1v) is 9.92. The normalized spacial score (nSPS) is 19.4. The average molecular weight is 381 g/mol. The predicted octanol–water partition coefficient (Wildman–Crippen LogP) is 2.67. The highest BCUT2D eigenvalue weighted by molar-refractivity contribution is 6.04. The van der Waals surface area contributed by atoms with E-state index in [0.717, 1.165) is 55.0 Å². The minimum absolute atomic E-state index is 0.0672. The molecular formula is C21H27N5O2. The van der Waals surface area contributed by atoms with Crippen molar-refractivity contribution < 1.29 is 9.59 Å². The van der Waals surface area contributed by atoms with Crippen molar-refractivity contribution in [3.8, 4) is 0 Å². The summed E-state index contributed by atoms with van der Waals surface area (Å²) in [7, 11) is 0. The first-order valence-electron chi connectivity index (χ1n) is 9.92. The van der Waals surface area contributed by atoms with E-state index in [0.29, 0.717) is 12.1 Å². The van der Waals surface area contributed by atoms with Crippen LogP contribution in [0.25, 0.3) is 0 Å². The number of rotatable bonds is 3. The monoisotopic (exact) mass is 381 g/mol. The van der Waals surface area contributed by atoms with Crippen LogP contribution in [0.2, 0.25) is 0 Å². The Bertz CT molecular complexity index is 895. The van der Waals surface area contributed by atoms with Crippen LogP contribution in [0.4, 0.5) is 5.82 Å². The van der Waals surface area contributed by atoms with Crippen molar-refractivity contribution in [1.82, 2.24) is 20.5 Å². The summed E-state index contributed by atoms with van der Waals surface area (Å²) in [6.07, 6.45) is 4.70. The Morgan fingerprint density at radius 2 is 2.04 bits per heavy atom. The predicted molar refractivity (Wildman–Crippen MR) is 107 cm³/mol. The molecule has 0 aromatic carbocycles. The van der Waals surface area contributed by atoms with Crippen LogP contribution >= 0.6 is 0 Å². The summed E-state index contributed by atoms with van der Waals surface area (Å²) in [5, 5.41) is 11.2. The molecule has 2 aromatic rings. The molecule has 0 saturated carbocycles. The molecule has 1 fully saturated rings. The van der Waals surface area contributed by atoms with Crippen LogP contribution in [-0.4, -0.2) is 46.0 Å². The maximum absolute atomic E-state index is 12.9. The Kier molecular flexibility index (Phi) is 4.69. The van der Waals surface area contributed by atoms with E-state index in [2.05, 4.69) is 39.2 Å². The number of H-pyrrole nitrogens is 1. The maximum Gasteiger partial charge on any atom is 0.268 e. The standard InChI is InChI=1S/C21H27N5O2/c1-13-18-15(11-21(2,3)12-16(18)27)24-19(13)20(28)23-14-6-9-26(10-7-14)17-5-4-8-22-25-17/h4-5,8,14,24H,6-7,9-12H2,1-3H3,(H,23,28). The quantitative estimate of drug-likeness (QED) is 0.853. The van der Waals surface area contributed by atoms with Crippen molar-refractivity contribution in [2.75, 3.05) is 18.0 Å². The van der Waals surface area contributed by atoms with Gasteiger partial charge in [0, 0.05) is 43.0 Å². The van der Waals surface area contributed by atoms with Crippen molar-refractivity contribution in [1.29, 1.82) is 0 Å². The van der Waals surface area contributed by atoms with Gasteiger partial charge in [0.1, 0.15) is 5.69 Å². The molecule has 1 aliphatic carbocycles. The van der Waals surface area contributed by atoms with Gasteiger partial charge in [-0.3, -0.25) is 9.59 Å². The zero-order valence-corrected chi connectivity index (χ0v) is 16.7. The number of anilines is 1. The average Bonchev–Trinajstić information content (AvgIpc) is 2.98. The molecule has 1 aliphatic heterocycles. The number of hydrogen-bond acceptors (Lipinski definition) is 5. The molecule has 2 aromatic heterocycles. The lowest BCUT2D eigenvalue weighted by molar-refractivity contribution is 0.0907. The molecule has 0 unspecified atom stereocenters. The Balaban J connectivity index is 1.42. The van der Waals surface area contributed by atoms with Gasteiger partial charge in [0.15, 0.2) is 11.6 Å². The number of nitrogens with zero attached hydrogens (tertiary/aromatic N) is 3. The molecule has 0 bridgehead atoms. The zero-order valence-electron chi connectivity index (χ0n) is 16.7. The van der Waals surface area contributed by atoms with Gasteiger partial charge in [-0.1, -0.05) is 13.8 Å². The summed E-state index contributed by atoms with van der Waals surface area (Å²) in [5.41, 5.74) is 2.88. The molecule has 28 heavy (non-hydrogen) atoms. The number of carbonyl (C=O) groups is 2. The number of aromatic amines is 1. The molecule has 0 spiro atoms. The Morgan fingerprint density at radius 1 is 1.29 bits per heavy atom. The molecule has 1 amide bonds. The van der Waals surface area contributed by atoms with Gasteiger partial charge in [-0.2, -0.15) is 5.10 Å². The third-order valence-electron chi connectivity index (χ3n) is 5.84. The summed E-state index contributed by atoms with van der Waals surface area (Å²) in [6, 6.07) is 3.96. The smallest absolute Gasteiger partial charge is 0.268 e. The van der Waals surface area contributed by atoms with Gasteiger partial charge < -0.3 is 15.2 Å². The summed E-state index contributed by atoms with van der Waals surface area (Å²) >= 11 is 0. The Hall–Kier alpha value is -2.70. The highest BCUT2D eigenvalue weighted by Crippen LogP contribution is 2.36. The van der Waals surface area contributed by atoms with Gasteiger partial charge in [-0.25, -0.2) is 0 Å². The second kappa shape index (κ2) is 7.04. The Labute approximate surface area is 164 Å². The molecule has 0 radical (unpaired) electrons. The van der Waals surface area contributed by atoms with E-state index in [1.54, 1.807) is 6.20 Å². The first kappa shape index (κ1) is 18.7. The number of carbonyl (C=O) groups excluding carboxylic acids is 2. The van der Waals surface area contributed by atoms with E-state index in [-0.39, 0.29) is 23.1 Å². The van der Waals surface area contributed by atoms with Crippen LogP contribution in [0, 0.1) is 12.3 Å². The molecule has 7 heteroatoms. The molecule has 2 aliphatic rings. The number of ketones is 1. The van der Waals surface area contributed by atoms with Crippen LogP contribution in [0.5, 0.6) is 0 Å². The van der Waals surface area contributed by atoms with Crippen molar-refractivity contribution >= 4 is 17.5 Å². The SMILES string of the molecule is Cc1c(C(=O)NC2CCN(c3cccnn3)CC2)[nH]c2c1C(=O)CC(C)(C)C2. The van der Waals surface area contributed by atoms with Crippen molar-refractivity contribution in [3.63, 3.8) is 0 Å². The summed E-state index contributed by atoms with van der Waals surface area (Å²) in [4.78, 5) is 30.9. The van der Waals surface area contributed by atoms with Gasteiger partial charge in [0.05, 0.1) is 0 Å². The summed E-state index contributed by atoms with van der Waals surface area (Å²) < 4.78 is 0. The van der Waals surface area contributed by atoms with Gasteiger partial charge in [0.25, 0.3) is 5.91 Å². The third-order valence-corrected chi connectivity index (χ3v) is 5.84. The summed E-state index contributed by atoms with van der Waals surface area (Å²) in [6.45, 7) is 7.72. The topological polar surface area (TPSA) is 91.0 Å². The number of hydrogen-bond donors (Lipinski definition) is 2. The second-order valence-electron chi connectivity index (χ2n) is 8.74. The van der Waals surface area contributed by atoms with Crippen LogP contribution in [0.15, 0.2) is 18.3 Å². The molecule has 148 valence electrons. The van der Waals surface area contributed by atoms with E-state index in [1.165, 1.54) is 0 Å². The molecule has 4 rings (SSSR count). The number of piperidine rings is 1. The Morgan fingerprint density at radius 3 is 2.71 bits per heavy atom. The van der Waals surface area contributed by atoms with E-state index < -0.39 is 0 Å². The van der Waals surface area contributed by atoms with E-state index in [9.17, 15) is 9.59 Å². The minimum atomic E-state index is -0.115. The van der Waals surface area contributed by atoms with Gasteiger partial charge in [-0.05, 0) is 49.3 Å². The molecule has 3 heterocycles. The highest BCUT2D eigenvalue weighted by Gasteiger charge is 2.35. The van der Waals surface area contributed by atoms with Crippen LogP contribution in [0.3, 0.4) is 0 Å². The van der Waals surface area contributed by atoms with E-state index in [4.69, 9.17) is 0 Å². The molecule has 2 N–H and O–H groups in total. The molecule has 0 atom stereocenters. The maximum atomic E-state index is 12.9. The third kappa shape index (κ3) is 3.53. The van der Waals surface area contributed by atoms with Gasteiger partial charge in [-0.15, -0.1) is 5.10 Å². The van der Waals surface area contributed by atoms with Crippen LogP contribution in [-0.2, 0) is 6.42 Å². The molecule has 7 nitrogen and oxygen atoms in total. The fraction of sp³-hybridized carbons (Fsp3) is 0.524. The number of Topliss-reactive ketones (excluding diaryl/α,β-unsaturated/α-hetero) is 1. The minimum Gasteiger partial charge on any atom is -0.355 e. The lowest BCUT2D eigenvalue weighted by atomic mass is 9.75. The lowest BCUT2D eigenvalue weighted by Crippen LogP contribution is -2.45. The van der Waals surface area contributed by atoms with E-state index in [1.807, 2.05) is 19.1 Å². The van der Waals surface area contributed by atoms with Crippen molar-refractivity contribution in [2.24, 2.45) is 5.41 Å². The molecule has 1 saturated heterocycles. The fourth-order valence-electron chi connectivity index (χ4n) is 4.43. The fourth-order valence-corrected chi connectivity index (χ4v) is 4.43. The first-order chi connectivity index (χ1) is 13.3.